The average Bonchev–Trinajstić information content (AvgIpc) is 2.73. The van der Waals surface area contributed by atoms with Crippen molar-refractivity contribution in [3.05, 3.63) is 57.6 Å². The predicted molar refractivity (Wildman–Crippen MR) is 128 cm³/mol. The molecule has 8 heteroatoms. The van der Waals surface area contributed by atoms with Crippen molar-refractivity contribution in [3.63, 3.8) is 0 Å². The van der Waals surface area contributed by atoms with Crippen LogP contribution >= 0.6 is 28.1 Å². The summed E-state index contributed by atoms with van der Waals surface area (Å²) >= 11 is 8.78. The number of nitrogens with zero attached hydrogens (tertiary/aromatic N) is 1. The molecular weight excluding hydrogens is 480 g/mol. The zero-order valence-corrected chi connectivity index (χ0v) is 20.1. The van der Waals surface area contributed by atoms with Gasteiger partial charge >= 0.3 is 0 Å². The van der Waals surface area contributed by atoms with E-state index in [9.17, 15) is 9.59 Å². The van der Waals surface area contributed by atoms with E-state index in [2.05, 4.69) is 21.2 Å². The number of hydrogen-bond acceptors (Lipinski definition) is 5. The quantitative estimate of drug-likeness (QED) is 0.349. The van der Waals surface area contributed by atoms with Crippen molar-refractivity contribution < 1.29 is 19.1 Å². The summed E-state index contributed by atoms with van der Waals surface area (Å²) in [5, 5.41) is 2.66. The van der Waals surface area contributed by atoms with Gasteiger partial charge in [-0.25, -0.2) is 0 Å². The number of halogens is 1. The van der Waals surface area contributed by atoms with Crippen LogP contribution in [-0.4, -0.2) is 30.1 Å². The summed E-state index contributed by atoms with van der Waals surface area (Å²) < 4.78 is 12.1. The molecule has 0 unspecified atom stereocenters. The van der Waals surface area contributed by atoms with Crippen LogP contribution in [0.5, 0.6) is 11.5 Å². The summed E-state index contributed by atoms with van der Waals surface area (Å²) in [7, 11) is 1.54. The number of thiocarbonyl (C=S) groups is 1. The van der Waals surface area contributed by atoms with Crippen LogP contribution in [0.3, 0.4) is 0 Å². The third-order valence-electron chi connectivity index (χ3n) is 4.91. The average molecular weight is 503 g/mol. The molecular formula is C23H23BrN2O4S. The van der Waals surface area contributed by atoms with Crippen molar-refractivity contribution in [1.82, 2.24) is 5.32 Å². The molecule has 31 heavy (non-hydrogen) atoms. The molecule has 1 atom stereocenters. The monoisotopic (exact) mass is 502 g/mol. The van der Waals surface area contributed by atoms with Gasteiger partial charge in [-0.15, -0.1) is 0 Å². The lowest BCUT2D eigenvalue weighted by molar-refractivity contribution is -0.122. The van der Waals surface area contributed by atoms with Crippen molar-refractivity contribution in [2.24, 2.45) is 0 Å². The molecule has 1 saturated heterocycles. The van der Waals surface area contributed by atoms with Gasteiger partial charge in [-0.2, -0.15) is 0 Å². The Kier molecular flexibility index (Phi) is 7.12. The van der Waals surface area contributed by atoms with Gasteiger partial charge < -0.3 is 9.47 Å². The number of nitrogens with one attached hydrogen (secondary N) is 1. The number of ether oxygens (including phenoxy) is 2. The van der Waals surface area contributed by atoms with Crippen molar-refractivity contribution in [2.75, 3.05) is 12.0 Å². The van der Waals surface area contributed by atoms with Crippen molar-refractivity contribution in [3.8, 4) is 11.5 Å². The molecule has 0 radical (unpaired) electrons. The summed E-state index contributed by atoms with van der Waals surface area (Å²) in [5.41, 5.74) is 2.07. The molecule has 1 heterocycles. The molecule has 1 N–H and O–H groups in total. The summed E-state index contributed by atoms with van der Waals surface area (Å²) in [4.78, 5) is 27.2. The Morgan fingerprint density at radius 3 is 2.61 bits per heavy atom. The lowest BCUT2D eigenvalue weighted by Gasteiger charge is -2.30. The second-order valence-corrected chi connectivity index (χ2v) is 8.36. The standard InChI is InChI=1S/C23H23BrN2O4S/c1-5-14(3)30-20-17(24)11-15(12-19(20)29-4)10-16-21(27)25-23(31)26(22(16)28)18-9-7-6-8-13(18)2/h6-12,14H,5H2,1-4H3,(H,25,27,31)/b16-10+/t14-/m0/s1. The van der Waals surface area contributed by atoms with Gasteiger partial charge in [0.1, 0.15) is 5.57 Å². The number of hydrogen-bond donors (Lipinski definition) is 1. The Balaban J connectivity index is 2.03. The molecule has 3 rings (SSSR count). The number of carbonyl (C=O) groups excluding carboxylic acids is 2. The molecule has 2 amide bonds. The molecule has 0 aromatic heterocycles. The van der Waals surface area contributed by atoms with Gasteiger partial charge in [-0.1, -0.05) is 25.1 Å². The minimum Gasteiger partial charge on any atom is -0.493 e. The van der Waals surface area contributed by atoms with Gasteiger partial charge in [-0.3, -0.25) is 19.8 Å². The van der Waals surface area contributed by atoms with Crippen LogP contribution < -0.4 is 19.7 Å². The van der Waals surface area contributed by atoms with Gasteiger partial charge in [0.25, 0.3) is 11.8 Å². The number of methoxy groups -OCH3 is 1. The predicted octanol–water partition coefficient (Wildman–Crippen LogP) is 4.77. The molecule has 2 aromatic carbocycles. The van der Waals surface area contributed by atoms with Gasteiger partial charge in [0.15, 0.2) is 16.6 Å². The molecule has 1 fully saturated rings. The second kappa shape index (κ2) is 9.62. The van der Waals surface area contributed by atoms with E-state index < -0.39 is 11.8 Å². The summed E-state index contributed by atoms with van der Waals surface area (Å²) in [6.07, 6.45) is 2.36. The van der Waals surface area contributed by atoms with Crippen LogP contribution in [0, 0.1) is 6.92 Å². The fraction of sp³-hybridized carbons (Fsp3) is 0.261. The smallest absolute Gasteiger partial charge is 0.270 e. The summed E-state index contributed by atoms with van der Waals surface area (Å²) in [6.45, 7) is 5.88. The third-order valence-corrected chi connectivity index (χ3v) is 5.79. The highest BCUT2D eigenvalue weighted by Crippen LogP contribution is 2.38. The van der Waals surface area contributed by atoms with E-state index in [1.807, 2.05) is 39.0 Å². The SMILES string of the molecule is CC[C@H](C)Oc1c(Br)cc(/C=C2\C(=O)NC(=S)N(c3ccccc3C)C2=O)cc1OC. The zero-order valence-electron chi connectivity index (χ0n) is 17.7. The fourth-order valence-electron chi connectivity index (χ4n) is 3.08. The van der Waals surface area contributed by atoms with E-state index in [1.165, 1.54) is 11.0 Å². The minimum absolute atomic E-state index is 0.00351. The Labute approximate surface area is 195 Å². The van der Waals surface area contributed by atoms with Crippen molar-refractivity contribution in [1.29, 1.82) is 0 Å². The molecule has 0 spiro atoms. The van der Waals surface area contributed by atoms with E-state index in [-0.39, 0.29) is 16.8 Å². The number of para-hydroxylation sites is 1. The van der Waals surface area contributed by atoms with Gasteiger partial charge in [0.05, 0.1) is 23.4 Å². The summed E-state index contributed by atoms with van der Waals surface area (Å²) in [6, 6.07) is 10.9. The fourth-order valence-corrected chi connectivity index (χ4v) is 3.91. The topological polar surface area (TPSA) is 67.9 Å². The largest absolute Gasteiger partial charge is 0.493 e. The highest BCUT2D eigenvalue weighted by atomic mass is 79.9. The van der Waals surface area contributed by atoms with Gasteiger partial charge in [0, 0.05) is 0 Å². The number of anilines is 1. The first kappa shape index (κ1) is 23.0. The van der Waals surface area contributed by atoms with E-state index in [1.54, 1.807) is 25.3 Å². The van der Waals surface area contributed by atoms with Crippen LogP contribution in [0.4, 0.5) is 5.69 Å². The van der Waals surface area contributed by atoms with E-state index in [0.717, 1.165) is 12.0 Å². The van der Waals surface area contributed by atoms with Crippen LogP contribution in [0.25, 0.3) is 6.08 Å². The maximum atomic E-state index is 13.2. The lowest BCUT2D eigenvalue weighted by atomic mass is 10.1. The maximum Gasteiger partial charge on any atom is 0.270 e. The number of amides is 2. The Hall–Kier alpha value is -2.71. The Morgan fingerprint density at radius 2 is 1.97 bits per heavy atom. The molecule has 2 aromatic rings. The summed E-state index contributed by atoms with van der Waals surface area (Å²) in [5.74, 6) is 0.0329. The first-order valence-electron chi connectivity index (χ1n) is 9.78. The Morgan fingerprint density at radius 1 is 1.26 bits per heavy atom. The number of aryl methyl sites for hydroxylation is 1. The third kappa shape index (κ3) is 4.80. The van der Waals surface area contributed by atoms with Gasteiger partial charge in [-0.05, 0) is 83.8 Å². The molecule has 6 nitrogen and oxygen atoms in total. The molecule has 1 aliphatic heterocycles. The molecule has 0 bridgehead atoms. The highest BCUT2D eigenvalue weighted by Gasteiger charge is 2.35. The zero-order chi connectivity index (χ0) is 22.7. The van der Waals surface area contributed by atoms with Gasteiger partial charge in [0.2, 0.25) is 0 Å². The maximum absolute atomic E-state index is 13.2. The number of carbonyl (C=O) groups is 2. The van der Waals surface area contributed by atoms with E-state index in [4.69, 9.17) is 21.7 Å². The minimum atomic E-state index is -0.546. The first-order valence-corrected chi connectivity index (χ1v) is 11.0. The van der Waals surface area contributed by atoms with Crippen molar-refractivity contribution in [2.45, 2.75) is 33.3 Å². The number of rotatable bonds is 6. The highest BCUT2D eigenvalue weighted by molar-refractivity contribution is 9.10. The Bertz CT molecular complexity index is 1080. The molecule has 1 aliphatic rings. The van der Waals surface area contributed by atoms with Crippen molar-refractivity contribution >= 4 is 56.8 Å². The van der Waals surface area contributed by atoms with E-state index in [0.29, 0.717) is 27.2 Å². The van der Waals surface area contributed by atoms with Crippen LogP contribution in [0.2, 0.25) is 0 Å². The first-order chi connectivity index (χ1) is 14.8. The number of benzene rings is 2. The van der Waals surface area contributed by atoms with E-state index >= 15 is 0 Å². The lowest BCUT2D eigenvalue weighted by Crippen LogP contribution is -2.54. The second-order valence-electron chi connectivity index (χ2n) is 7.12. The normalized spacial score (nSPS) is 16.4. The molecule has 0 aliphatic carbocycles. The molecule has 0 saturated carbocycles. The van der Waals surface area contributed by atoms with Crippen LogP contribution in [0.15, 0.2) is 46.4 Å². The van der Waals surface area contributed by atoms with Crippen LogP contribution in [0.1, 0.15) is 31.4 Å². The molecule has 162 valence electrons. The van der Waals surface area contributed by atoms with Crippen LogP contribution in [-0.2, 0) is 9.59 Å².